The van der Waals surface area contributed by atoms with Gasteiger partial charge in [-0.2, -0.15) is 0 Å². The van der Waals surface area contributed by atoms with E-state index in [9.17, 15) is 34.2 Å². The molecule has 3 unspecified atom stereocenters. The molecular weight excluding hydrogens is 753 g/mol. The van der Waals surface area contributed by atoms with Crippen LogP contribution in [0.4, 0.5) is 14.9 Å². The summed E-state index contributed by atoms with van der Waals surface area (Å²) in [4.78, 5) is 67.8. The number of rotatable bonds is 9. The van der Waals surface area contributed by atoms with Gasteiger partial charge in [0.2, 0.25) is 17.5 Å². The molecule has 0 amide bonds. The SMILES string of the molecule is COc1c(N2CCNC(C)C2)c(F)cc2c(=O)c(C(=O)OC(C)OC(=O)OCC(=O)[C@]3(O)CC[C@@H]4[C@H]5CCC6=CC(=O)C=C[C@@]6(C)C5[C@H](O)C[C@]43C)cn(C3CC3)c12. The molecule has 0 bridgehead atoms. The van der Waals surface area contributed by atoms with Crippen LogP contribution in [0.1, 0.15) is 89.0 Å². The lowest BCUT2D eigenvalue weighted by Crippen LogP contribution is -2.61. The summed E-state index contributed by atoms with van der Waals surface area (Å²) in [5, 5.41) is 26.9. The number of pyridine rings is 1. The normalized spacial score (nSPS) is 33.4. The minimum Gasteiger partial charge on any atom is -0.492 e. The van der Waals surface area contributed by atoms with E-state index in [1.54, 1.807) is 16.7 Å². The molecule has 4 saturated carbocycles. The number of allylic oxidation sites excluding steroid dienone is 4. The highest BCUT2D eigenvalue weighted by Gasteiger charge is 2.68. The lowest BCUT2D eigenvalue weighted by Gasteiger charge is -2.59. The molecule has 1 aromatic carbocycles. The number of carbonyl (C=O) groups excluding carboxylic acids is 4. The zero-order valence-corrected chi connectivity index (χ0v) is 33.5. The van der Waals surface area contributed by atoms with Crippen LogP contribution >= 0.6 is 0 Å². The maximum absolute atomic E-state index is 15.9. The maximum atomic E-state index is 15.9. The summed E-state index contributed by atoms with van der Waals surface area (Å²) in [7, 11) is 1.42. The Morgan fingerprint density at radius 1 is 1.12 bits per heavy atom. The van der Waals surface area contributed by atoms with Crippen molar-refractivity contribution in [3.63, 3.8) is 0 Å². The Hall–Kier alpha value is -4.60. The number of benzene rings is 1. The summed E-state index contributed by atoms with van der Waals surface area (Å²) in [6.45, 7) is 7.97. The molecule has 0 radical (unpaired) electrons. The average molecular weight is 806 g/mol. The number of methoxy groups -OCH3 is 1. The molecule has 0 spiro atoms. The highest BCUT2D eigenvalue weighted by molar-refractivity contribution is 6.01. The fourth-order valence-electron chi connectivity index (χ4n) is 11.3. The third-order valence-corrected chi connectivity index (χ3v) is 14.2. The van der Waals surface area contributed by atoms with Gasteiger partial charge < -0.3 is 43.9 Å². The first kappa shape index (κ1) is 40.2. The number of aliphatic hydroxyl groups is 2. The van der Waals surface area contributed by atoms with Crippen LogP contribution in [0.2, 0.25) is 0 Å². The van der Waals surface area contributed by atoms with Crippen LogP contribution in [0.25, 0.3) is 10.9 Å². The highest BCUT2D eigenvalue weighted by atomic mass is 19.1. The first-order valence-corrected chi connectivity index (χ1v) is 20.4. The number of anilines is 1. The van der Waals surface area contributed by atoms with Crippen LogP contribution in [0.5, 0.6) is 5.75 Å². The third kappa shape index (κ3) is 6.44. The number of ketones is 2. The number of piperazine rings is 1. The van der Waals surface area contributed by atoms with E-state index < -0.39 is 70.1 Å². The molecule has 2 aromatic rings. The fourth-order valence-corrected chi connectivity index (χ4v) is 11.3. The van der Waals surface area contributed by atoms with Gasteiger partial charge in [-0.05, 0) is 81.9 Å². The maximum Gasteiger partial charge on any atom is 0.511 e. The molecule has 5 aliphatic carbocycles. The number of Topliss-reactive ketones (excluding diaryl/α,β-unsaturated/α-hetero) is 1. The van der Waals surface area contributed by atoms with E-state index in [0.29, 0.717) is 44.4 Å². The minimum atomic E-state index is -1.89. The second-order valence-corrected chi connectivity index (χ2v) is 17.6. The van der Waals surface area contributed by atoms with Gasteiger partial charge in [-0.1, -0.05) is 25.5 Å². The Labute approximate surface area is 335 Å². The lowest BCUT2D eigenvalue weighted by molar-refractivity contribution is -0.179. The number of hydrogen-bond donors (Lipinski definition) is 3. The molecule has 15 heteroatoms. The molecule has 58 heavy (non-hydrogen) atoms. The number of esters is 1. The molecule has 9 atom stereocenters. The van der Waals surface area contributed by atoms with E-state index in [1.165, 1.54) is 20.2 Å². The summed E-state index contributed by atoms with van der Waals surface area (Å²) < 4.78 is 39.0. The van der Waals surface area contributed by atoms with Gasteiger partial charge >= 0.3 is 12.1 Å². The molecule has 5 fully saturated rings. The molecule has 6 aliphatic rings. The van der Waals surface area contributed by atoms with Crippen molar-refractivity contribution >= 4 is 40.3 Å². The van der Waals surface area contributed by atoms with Crippen molar-refractivity contribution in [2.75, 3.05) is 38.3 Å². The summed E-state index contributed by atoms with van der Waals surface area (Å²) in [5.74, 6) is -2.66. The van der Waals surface area contributed by atoms with Crippen molar-refractivity contribution in [2.45, 2.75) is 103 Å². The number of ether oxygens (including phenoxy) is 4. The van der Waals surface area contributed by atoms with Crippen molar-refractivity contribution in [1.82, 2.24) is 9.88 Å². The number of carbonyl (C=O) groups is 4. The van der Waals surface area contributed by atoms with Crippen molar-refractivity contribution < 1.29 is 52.7 Å². The fraction of sp³-hybridized carbons (Fsp3) is 0.605. The Morgan fingerprint density at radius 3 is 2.59 bits per heavy atom. The number of aliphatic hydroxyl groups excluding tert-OH is 1. The van der Waals surface area contributed by atoms with E-state index in [4.69, 9.17) is 18.9 Å². The Kier molecular flexibility index (Phi) is 10.1. The third-order valence-electron chi connectivity index (χ3n) is 14.2. The van der Waals surface area contributed by atoms with Crippen LogP contribution in [0.15, 0.2) is 40.9 Å². The Balaban J connectivity index is 0.933. The quantitative estimate of drug-likeness (QED) is 0.238. The Bertz CT molecular complexity index is 2200. The highest BCUT2D eigenvalue weighted by Crippen LogP contribution is 2.67. The van der Waals surface area contributed by atoms with E-state index in [-0.39, 0.29) is 65.3 Å². The summed E-state index contributed by atoms with van der Waals surface area (Å²) in [6.07, 6.45) is 6.48. The number of nitrogens with one attached hydrogen (secondary N) is 1. The van der Waals surface area contributed by atoms with Gasteiger partial charge in [0, 0.05) is 61.6 Å². The minimum absolute atomic E-state index is 0.00670. The van der Waals surface area contributed by atoms with Crippen LogP contribution in [-0.2, 0) is 23.8 Å². The van der Waals surface area contributed by atoms with Crippen LogP contribution in [0.3, 0.4) is 0 Å². The van der Waals surface area contributed by atoms with Gasteiger partial charge in [0.1, 0.15) is 16.9 Å². The zero-order chi connectivity index (χ0) is 41.5. The first-order valence-electron chi connectivity index (χ1n) is 20.4. The van der Waals surface area contributed by atoms with E-state index in [2.05, 4.69) is 5.32 Å². The standard InChI is InChI=1S/C43H52FN3O11/c1-22-19-46(15-14-45-22)36-31(44)17-28-35(38(36)55-5)47(25-7-8-25)20-29(37(28)51)39(52)57-23(2)58-40(53)56-21-33(50)43(54)13-11-30-27-9-6-24-16-26(48)10-12-41(24,3)34(27)32(49)18-42(30,43)4/h10,12,16-17,20,22-23,25,27,30,32,34,45,49,54H,6-9,11,13-15,18-19,21H2,1-5H3/t22?,23?,27-,30-,32-,34?,41-,42-,43-/m1/s1. The zero-order valence-electron chi connectivity index (χ0n) is 33.5. The molecule has 312 valence electrons. The monoisotopic (exact) mass is 805 g/mol. The summed E-state index contributed by atoms with van der Waals surface area (Å²) in [5.41, 5.74) is -2.95. The molecule has 1 saturated heterocycles. The molecule has 14 nitrogen and oxygen atoms in total. The topological polar surface area (TPSA) is 183 Å². The Morgan fingerprint density at radius 2 is 1.88 bits per heavy atom. The molecule has 1 aliphatic heterocycles. The number of hydrogen-bond acceptors (Lipinski definition) is 13. The van der Waals surface area contributed by atoms with Crippen LogP contribution < -0.4 is 20.4 Å². The van der Waals surface area contributed by atoms with Gasteiger partial charge in [0.15, 0.2) is 24.0 Å². The smallest absolute Gasteiger partial charge is 0.492 e. The summed E-state index contributed by atoms with van der Waals surface area (Å²) >= 11 is 0. The predicted octanol–water partition coefficient (Wildman–Crippen LogP) is 4.52. The molecule has 1 aromatic heterocycles. The summed E-state index contributed by atoms with van der Waals surface area (Å²) in [6, 6.07) is 1.16. The predicted molar refractivity (Wildman–Crippen MR) is 208 cm³/mol. The van der Waals surface area contributed by atoms with E-state index >= 15 is 4.39 Å². The van der Waals surface area contributed by atoms with E-state index in [1.807, 2.05) is 31.7 Å². The van der Waals surface area contributed by atoms with Crippen molar-refractivity contribution in [3.8, 4) is 5.75 Å². The van der Waals surface area contributed by atoms with Crippen LogP contribution in [-0.4, -0.2) is 95.9 Å². The second kappa shape index (κ2) is 14.6. The van der Waals surface area contributed by atoms with Crippen LogP contribution in [0, 0.1) is 34.4 Å². The van der Waals surface area contributed by atoms with Crippen molar-refractivity contribution in [1.29, 1.82) is 0 Å². The van der Waals surface area contributed by atoms with Gasteiger partial charge in [-0.15, -0.1) is 0 Å². The van der Waals surface area contributed by atoms with Crippen molar-refractivity contribution in [3.05, 3.63) is 57.7 Å². The van der Waals surface area contributed by atoms with Gasteiger partial charge in [-0.3, -0.25) is 14.4 Å². The molecule has 8 rings (SSSR count). The van der Waals surface area contributed by atoms with E-state index in [0.717, 1.165) is 24.5 Å². The second-order valence-electron chi connectivity index (χ2n) is 17.6. The van der Waals surface area contributed by atoms with Gasteiger partial charge in [-0.25, -0.2) is 14.0 Å². The van der Waals surface area contributed by atoms with Crippen molar-refractivity contribution in [2.24, 2.45) is 28.6 Å². The largest absolute Gasteiger partial charge is 0.511 e. The first-order chi connectivity index (χ1) is 27.5. The molecular formula is C43H52FN3O11. The molecule has 2 heterocycles. The number of fused-ring (bicyclic) bond motifs is 6. The lowest BCUT2D eigenvalue weighted by atomic mass is 9.46. The number of aromatic nitrogens is 1. The van der Waals surface area contributed by atoms with Gasteiger partial charge in [0.05, 0.1) is 24.1 Å². The number of nitrogens with zero attached hydrogens (tertiary/aromatic N) is 2. The molecule has 3 N–H and O–H groups in total. The average Bonchev–Trinajstić information content (AvgIpc) is 3.98. The number of halogens is 1. The van der Waals surface area contributed by atoms with Gasteiger partial charge in [0.25, 0.3) is 0 Å².